The van der Waals surface area contributed by atoms with E-state index in [1.54, 1.807) is 0 Å². The molecular formula is C13H25NO3. The summed E-state index contributed by atoms with van der Waals surface area (Å²) >= 11 is 0. The van der Waals surface area contributed by atoms with E-state index in [1.807, 2.05) is 20.8 Å². The number of hydrogen-bond donors (Lipinski definition) is 1. The molecule has 0 atom stereocenters. The second-order valence-corrected chi connectivity index (χ2v) is 5.80. The van der Waals surface area contributed by atoms with Gasteiger partial charge in [-0.15, -0.1) is 0 Å². The molecule has 0 unspecified atom stereocenters. The van der Waals surface area contributed by atoms with Gasteiger partial charge in [0.25, 0.3) is 0 Å². The number of likely N-dealkylation sites (tertiary alicyclic amines) is 1. The lowest BCUT2D eigenvalue weighted by atomic mass is 9.93. The first-order chi connectivity index (χ1) is 7.90. The SMILES string of the molecule is CC(C)(C)OC(=O)CC1CCN(CCO)CC1. The summed E-state index contributed by atoms with van der Waals surface area (Å²) in [4.78, 5) is 13.9. The van der Waals surface area contributed by atoms with Crippen molar-refractivity contribution in [1.29, 1.82) is 0 Å². The second-order valence-electron chi connectivity index (χ2n) is 5.80. The average Bonchev–Trinajstić information content (AvgIpc) is 2.18. The number of rotatable bonds is 4. The third-order valence-electron chi connectivity index (χ3n) is 3.00. The Morgan fingerprint density at radius 3 is 2.41 bits per heavy atom. The van der Waals surface area contributed by atoms with Gasteiger partial charge in [-0.3, -0.25) is 4.79 Å². The van der Waals surface area contributed by atoms with Crippen LogP contribution < -0.4 is 0 Å². The van der Waals surface area contributed by atoms with Crippen molar-refractivity contribution < 1.29 is 14.6 Å². The van der Waals surface area contributed by atoms with Gasteiger partial charge in [-0.25, -0.2) is 0 Å². The molecule has 1 heterocycles. The summed E-state index contributed by atoms with van der Waals surface area (Å²) in [6.07, 6.45) is 2.59. The number of nitrogens with zero attached hydrogens (tertiary/aromatic N) is 1. The Labute approximate surface area is 104 Å². The van der Waals surface area contributed by atoms with Gasteiger partial charge in [-0.05, 0) is 52.6 Å². The molecule has 0 spiro atoms. The van der Waals surface area contributed by atoms with Gasteiger partial charge in [0.2, 0.25) is 0 Å². The average molecular weight is 243 g/mol. The summed E-state index contributed by atoms with van der Waals surface area (Å²) in [5.41, 5.74) is -0.380. The van der Waals surface area contributed by atoms with E-state index in [0.717, 1.165) is 32.5 Å². The molecule has 0 aromatic rings. The zero-order valence-electron chi connectivity index (χ0n) is 11.2. The highest BCUT2D eigenvalue weighted by Crippen LogP contribution is 2.22. The molecule has 17 heavy (non-hydrogen) atoms. The normalized spacial score (nSPS) is 19.3. The minimum Gasteiger partial charge on any atom is -0.460 e. The van der Waals surface area contributed by atoms with Gasteiger partial charge in [0.05, 0.1) is 6.61 Å². The number of ether oxygens (including phenoxy) is 1. The van der Waals surface area contributed by atoms with Crippen LogP contribution in [-0.2, 0) is 9.53 Å². The zero-order valence-corrected chi connectivity index (χ0v) is 11.2. The van der Waals surface area contributed by atoms with Crippen LogP contribution in [0.1, 0.15) is 40.0 Å². The number of piperidine rings is 1. The summed E-state index contributed by atoms with van der Waals surface area (Å²) in [5, 5.41) is 8.84. The molecule has 4 heteroatoms. The monoisotopic (exact) mass is 243 g/mol. The maximum Gasteiger partial charge on any atom is 0.306 e. The fourth-order valence-electron chi connectivity index (χ4n) is 2.17. The van der Waals surface area contributed by atoms with Crippen molar-refractivity contribution in [3.8, 4) is 0 Å². The molecule has 0 aromatic carbocycles. The highest BCUT2D eigenvalue weighted by Gasteiger charge is 2.24. The Hall–Kier alpha value is -0.610. The van der Waals surface area contributed by atoms with Crippen molar-refractivity contribution in [3.63, 3.8) is 0 Å². The van der Waals surface area contributed by atoms with Crippen LogP contribution in [0.2, 0.25) is 0 Å². The van der Waals surface area contributed by atoms with E-state index in [9.17, 15) is 4.79 Å². The number of hydrogen-bond acceptors (Lipinski definition) is 4. The molecular weight excluding hydrogens is 218 g/mol. The topological polar surface area (TPSA) is 49.8 Å². The van der Waals surface area contributed by atoms with Crippen LogP contribution in [0.4, 0.5) is 0 Å². The smallest absolute Gasteiger partial charge is 0.306 e. The first kappa shape index (κ1) is 14.5. The number of aliphatic hydroxyl groups is 1. The predicted octanol–water partition coefficient (Wildman–Crippen LogP) is 1.42. The second kappa shape index (κ2) is 6.36. The van der Waals surface area contributed by atoms with E-state index in [4.69, 9.17) is 9.84 Å². The van der Waals surface area contributed by atoms with Crippen molar-refractivity contribution in [3.05, 3.63) is 0 Å². The summed E-state index contributed by atoms with van der Waals surface area (Å²) < 4.78 is 5.32. The molecule has 1 N–H and O–H groups in total. The van der Waals surface area contributed by atoms with Gasteiger partial charge in [-0.1, -0.05) is 0 Å². The quantitative estimate of drug-likeness (QED) is 0.759. The van der Waals surface area contributed by atoms with Crippen LogP contribution in [0.15, 0.2) is 0 Å². The predicted molar refractivity (Wildman–Crippen MR) is 66.7 cm³/mol. The summed E-state index contributed by atoms with van der Waals surface area (Å²) in [6, 6.07) is 0. The minimum atomic E-state index is -0.380. The number of esters is 1. The van der Waals surface area contributed by atoms with Crippen LogP contribution in [0.3, 0.4) is 0 Å². The third-order valence-corrected chi connectivity index (χ3v) is 3.00. The van der Waals surface area contributed by atoms with E-state index < -0.39 is 0 Å². The lowest BCUT2D eigenvalue weighted by Crippen LogP contribution is -2.36. The Morgan fingerprint density at radius 1 is 1.35 bits per heavy atom. The Balaban J connectivity index is 2.24. The van der Waals surface area contributed by atoms with Gasteiger partial charge in [-0.2, -0.15) is 0 Å². The summed E-state index contributed by atoms with van der Waals surface area (Å²) in [7, 11) is 0. The van der Waals surface area contributed by atoms with Crippen LogP contribution in [-0.4, -0.2) is 47.8 Å². The fourth-order valence-corrected chi connectivity index (χ4v) is 2.17. The molecule has 0 aliphatic carbocycles. The number of carbonyl (C=O) groups is 1. The number of carbonyl (C=O) groups excluding carboxylic acids is 1. The molecule has 0 saturated carbocycles. The Morgan fingerprint density at radius 2 is 1.94 bits per heavy atom. The van der Waals surface area contributed by atoms with Crippen LogP contribution in [0.25, 0.3) is 0 Å². The molecule has 1 saturated heterocycles. The molecule has 0 radical (unpaired) electrons. The van der Waals surface area contributed by atoms with E-state index in [1.165, 1.54) is 0 Å². The highest BCUT2D eigenvalue weighted by molar-refractivity contribution is 5.70. The number of β-amino-alcohol motifs (C(OH)–C–C–N with tert-alkyl or cyclic N) is 1. The molecule has 100 valence electrons. The zero-order chi connectivity index (χ0) is 12.9. The fraction of sp³-hybridized carbons (Fsp3) is 0.923. The largest absolute Gasteiger partial charge is 0.460 e. The van der Waals surface area contributed by atoms with Crippen molar-refractivity contribution in [2.75, 3.05) is 26.2 Å². The molecule has 1 rings (SSSR count). The van der Waals surface area contributed by atoms with Gasteiger partial charge in [0, 0.05) is 13.0 Å². The van der Waals surface area contributed by atoms with Crippen LogP contribution in [0.5, 0.6) is 0 Å². The van der Waals surface area contributed by atoms with Gasteiger partial charge in [0.1, 0.15) is 5.60 Å². The van der Waals surface area contributed by atoms with Crippen molar-refractivity contribution in [2.45, 2.75) is 45.6 Å². The van der Waals surface area contributed by atoms with E-state index in [2.05, 4.69) is 4.90 Å². The van der Waals surface area contributed by atoms with Crippen molar-refractivity contribution in [1.82, 2.24) is 4.90 Å². The molecule has 1 aliphatic heterocycles. The van der Waals surface area contributed by atoms with Crippen LogP contribution in [0, 0.1) is 5.92 Å². The maximum absolute atomic E-state index is 11.7. The standard InChI is InChI=1S/C13H25NO3/c1-13(2,3)17-12(16)10-11-4-6-14(7-5-11)8-9-15/h11,15H,4-10H2,1-3H3. The van der Waals surface area contributed by atoms with E-state index in [0.29, 0.717) is 12.3 Å². The maximum atomic E-state index is 11.7. The van der Waals surface area contributed by atoms with E-state index in [-0.39, 0.29) is 18.2 Å². The molecule has 0 amide bonds. The minimum absolute atomic E-state index is 0.0851. The lowest BCUT2D eigenvalue weighted by Gasteiger charge is -2.31. The molecule has 4 nitrogen and oxygen atoms in total. The lowest BCUT2D eigenvalue weighted by molar-refractivity contribution is -0.156. The molecule has 1 fully saturated rings. The summed E-state index contributed by atoms with van der Waals surface area (Å²) in [5.74, 6) is 0.359. The van der Waals surface area contributed by atoms with Gasteiger partial charge < -0.3 is 14.7 Å². The van der Waals surface area contributed by atoms with Gasteiger partial charge >= 0.3 is 5.97 Å². The Kier molecular flexibility index (Phi) is 5.40. The molecule has 0 bridgehead atoms. The van der Waals surface area contributed by atoms with Crippen molar-refractivity contribution >= 4 is 5.97 Å². The molecule has 1 aliphatic rings. The number of aliphatic hydroxyl groups excluding tert-OH is 1. The summed E-state index contributed by atoms with van der Waals surface area (Å²) in [6.45, 7) is 8.62. The Bertz CT molecular complexity index is 240. The van der Waals surface area contributed by atoms with Crippen molar-refractivity contribution in [2.24, 2.45) is 5.92 Å². The molecule has 0 aromatic heterocycles. The first-order valence-electron chi connectivity index (χ1n) is 6.46. The first-order valence-corrected chi connectivity index (χ1v) is 6.46. The third kappa shape index (κ3) is 6.03. The van der Waals surface area contributed by atoms with Gasteiger partial charge in [0.15, 0.2) is 0 Å². The van der Waals surface area contributed by atoms with Crippen LogP contribution >= 0.6 is 0 Å². The highest BCUT2D eigenvalue weighted by atomic mass is 16.6. The van der Waals surface area contributed by atoms with E-state index >= 15 is 0 Å².